The molecule has 2 atom stereocenters. The molecule has 3 rings (SSSR count). The lowest BCUT2D eigenvalue weighted by molar-refractivity contribution is -0.384. The lowest BCUT2D eigenvalue weighted by atomic mass is 10.0. The first-order valence-electron chi connectivity index (χ1n) is 7.87. The van der Waals surface area contributed by atoms with Crippen molar-refractivity contribution in [2.75, 3.05) is 0 Å². The van der Waals surface area contributed by atoms with Gasteiger partial charge in [0.2, 0.25) is 0 Å². The summed E-state index contributed by atoms with van der Waals surface area (Å²) in [4.78, 5) is 10.6. The molecule has 1 aliphatic rings. The molecule has 0 spiro atoms. The van der Waals surface area contributed by atoms with Crippen LogP contribution in [0.15, 0.2) is 53.4 Å². The summed E-state index contributed by atoms with van der Waals surface area (Å²) in [5.41, 5.74) is 0.173. The Bertz CT molecular complexity index is 925. The van der Waals surface area contributed by atoms with Gasteiger partial charge in [-0.15, -0.1) is 0 Å². The van der Waals surface area contributed by atoms with Gasteiger partial charge in [-0.25, -0.2) is 8.42 Å². The van der Waals surface area contributed by atoms with Crippen molar-refractivity contribution in [3.63, 3.8) is 0 Å². The van der Waals surface area contributed by atoms with Gasteiger partial charge in [0.25, 0.3) is 5.69 Å². The summed E-state index contributed by atoms with van der Waals surface area (Å²) in [7, 11) is -3.64. The molecule has 0 saturated heterocycles. The van der Waals surface area contributed by atoms with E-state index in [1.165, 1.54) is 18.2 Å². The summed E-state index contributed by atoms with van der Waals surface area (Å²) < 4.78 is 26.5. The molecule has 0 radical (unpaired) electrons. The smallest absolute Gasteiger partial charge is 0.258 e. The van der Waals surface area contributed by atoms with Crippen LogP contribution in [0.1, 0.15) is 31.1 Å². The van der Waals surface area contributed by atoms with Crippen molar-refractivity contribution in [2.24, 2.45) is 11.3 Å². The second-order valence-corrected chi connectivity index (χ2v) is 9.52. The van der Waals surface area contributed by atoms with Crippen molar-refractivity contribution in [3.8, 4) is 0 Å². The number of sulfone groups is 1. The largest absolute Gasteiger partial charge is 0.287 e. The van der Waals surface area contributed by atoms with Crippen LogP contribution in [0, 0.1) is 21.4 Å². The number of hydrogen-bond acceptors (Lipinski definition) is 4. The first-order valence-corrected chi connectivity index (χ1v) is 9.80. The zero-order valence-corrected chi connectivity index (χ0v) is 15.4. The predicted molar refractivity (Wildman–Crippen MR) is 96.4 cm³/mol. The first kappa shape index (κ1) is 17.9. The van der Waals surface area contributed by atoms with E-state index in [1.54, 1.807) is 30.3 Å². The number of nitro groups is 1. The Morgan fingerprint density at radius 2 is 1.80 bits per heavy atom. The number of benzene rings is 2. The topological polar surface area (TPSA) is 77.3 Å². The Morgan fingerprint density at radius 1 is 1.20 bits per heavy atom. The molecule has 0 aromatic heterocycles. The highest BCUT2D eigenvalue weighted by Gasteiger charge is 2.55. The molecule has 0 amide bonds. The maximum atomic E-state index is 13.3. The number of nitro benzene ring substituents is 1. The third-order valence-corrected chi connectivity index (χ3v) is 7.36. The van der Waals surface area contributed by atoms with Crippen molar-refractivity contribution in [1.29, 1.82) is 0 Å². The standard InChI is InChI=1S/C18H18ClNO4S/c1-18(2)11-14(18)17(25(23,24)13-6-4-3-5-7-13)12-8-9-16(20(21)22)15(19)10-12/h3-10,14,17H,11H2,1-2H3. The Morgan fingerprint density at radius 3 is 2.28 bits per heavy atom. The molecule has 2 aromatic rings. The van der Waals surface area contributed by atoms with Gasteiger partial charge in [-0.05, 0) is 41.5 Å². The SMILES string of the molecule is CC1(C)CC1C(c1ccc([N+](=O)[O-])c(Cl)c1)S(=O)(=O)c1ccccc1. The third kappa shape index (κ3) is 3.28. The van der Waals surface area contributed by atoms with Crippen molar-refractivity contribution in [1.82, 2.24) is 0 Å². The Hall–Kier alpha value is -1.92. The van der Waals surface area contributed by atoms with Crippen LogP contribution in [-0.4, -0.2) is 13.3 Å². The van der Waals surface area contributed by atoms with Gasteiger partial charge in [0, 0.05) is 6.07 Å². The Balaban J connectivity index is 2.12. The van der Waals surface area contributed by atoms with Gasteiger partial charge in [-0.2, -0.15) is 0 Å². The maximum absolute atomic E-state index is 13.3. The summed E-state index contributed by atoms with van der Waals surface area (Å²) in [6.07, 6.45) is 0.776. The molecule has 0 N–H and O–H groups in total. The third-order valence-electron chi connectivity index (χ3n) is 4.86. The van der Waals surface area contributed by atoms with Crippen LogP contribution in [0.2, 0.25) is 5.02 Å². The quantitative estimate of drug-likeness (QED) is 0.551. The van der Waals surface area contributed by atoms with Gasteiger partial charge in [-0.1, -0.05) is 49.7 Å². The normalized spacial score (nSPS) is 20.0. The molecule has 5 nitrogen and oxygen atoms in total. The van der Waals surface area contributed by atoms with Crippen LogP contribution < -0.4 is 0 Å². The van der Waals surface area contributed by atoms with Gasteiger partial charge >= 0.3 is 0 Å². The van der Waals surface area contributed by atoms with Crippen LogP contribution in [0.3, 0.4) is 0 Å². The molecule has 132 valence electrons. The summed E-state index contributed by atoms with van der Waals surface area (Å²) in [6, 6.07) is 12.5. The fourth-order valence-corrected chi connectivity index (χ4v) is 5.75. The highest BCUT2D eigenvalue weighted by atomic mass is 35.5. The summed E-state index contributed by atoms with van der Waals surface area (Å²) in [5.74, 6) is -0.0600. The number of rotatable bonds is 5. The molecular weight excluding hydrogens is 362 g/mol. The minimum Gasteiger partial charge on any atom is -0.258 e. The molecule has 25 heavy (non-hydrogen) atoms. The number of hydrogen-bond donors (Lipinski definition) is 0. The highest BCUT2D eigenvalue weighted by molar-refractivity contribution is 7.91. The minimum atomic E-state index is -3.64. The van der Waals surface area contributed by atoms with E-state index in [4.69, 9.17) is 11.6 Å². The Kier molecular flexibility index (Phi) is 4.37. The minimum absolute atomic E-state index is 0.0470. The monoisotopic (exact) mass is 379 g/mol. The molecule has 0 bridgehead atoms. The van der Waals surface area contributed by atoms with Crippen molar-refractivity contribution < 1.29 is 13.3 Å². The zero-order chi connectivity index (χ0) is 18.4. The van der Waals surface area contributed by atoms with Crippen LogP contribution in [0.25, 0.3) is 0 Å². The fraction of sp³-hybridized carbons (Fsp3) is 0.333. The summed E-state index contributed by atoms with van der Waals surface area (Å²) >= 11 is 6.02. The van der Waals surface area contributed by atoms with Gasteiger partial charge < -0.3 is 0 Å². The van der Waals surface area contributed by atoms with Crippen LogP contribution >= 0.6 is 11.6 Å². The number of halogens is 1. The molecule has 0 aliphatic heterocycles. The zero-order valence-electron chi connectivity index (χ0n) is 13.8. The highest BCUT2D eigenvalue weighted by Crippen LogP contribution is 2.61. The van der Waals surface area contributed by atoms with Crippen molar-refractivity contribution in [3.05, 3.63) is 69.2 Å². The number of nitrogens with zero attached hydrogens (tertiary/aromatic N) is 1. The first-order chi connectivity index (χ1) is 11.6. The van der Waals surface area contributed by atoms with Gasteiger partial charge in [0.1, 0.15) is 5.02 Å². The van der Waals surface area contributed by atoms with Gasteiger partial charge in [0.05, 0.1) is 15.1 Å². The van der Waals surface area contributed by atoms with E-state index in [1.807, 2.05) is 13.8 Å². The molecule has 1 aliphatic carbocycles. The van der Waals surface area contributed by atoms with Crippen LogP contribution in [0.4, 0.5) is 5.69 Å². The van der Waals surface area contributed by atoms with E-state index in [9.17, 15) is 18.5 Å². The van der Waals surface area contributed by atoms with E-state index in [0.717, 1.165) is 6.42 Å². The molecule has 2 aromatic carbocycles. The fourth-order valence-electron chi connectivity index (χ4n) is 3.26. The Labute approximate surface area is 151 Å². The van der Waals surface area contributed by atoms with Crippen LogP contribution in [-0.2, 0) is 9.84 Å². The maximum Gasteiger partial charge on any atom is 0.287 e. The summed E-state index contributed by atoms with van der Waals surface area (Å²) in [6.45, 7) is 4.05. The second kappa shape index (κ2) is 6.11. The lowest BCUT2D eigenvalue weighted by Crippen LogP contribution is -2.18. The lowest BCUT2D eigenvalue weighted by Gasteiger charge is -2.20. The van der Waals surface area contributed by atoms with E-state index in [-0.39, 0.29) is 26.9 Å². The van der Waals surface area contributed by atoms with Crippen LogP contribution in [0.5, 0.6) is 0 Å². The molecule has 0 heterocycles. The van der Waals surface area contributed by atoms with Gasteiger partial charge in [-0.3, -0.25) is 10.1 Å². The molecule has 7 heteroatoms. The van der Waals surface area contributed by atoms with Crippen molar-refractivity contribution in [2.45, 2.75) is 30.4 Å². The predicted octanol–water partition coefficient (Wildman–Crippen LogP) is 4.81. The van der Waals surface area contributed by atoms with Crippen molar-refractivity contribution >= 4 is 27.1 Å². The molecule has 1 fully saturated rings. The average molecular weight is 380 g/mol. The van der Waals surface area contributed by atoms with E-state index in [2.05, 4.69) is 0 Å². The van der Waals surface area contributed by atoms with Gasteiger partial charge in [0.15, 0.2) is 9.84 Å². The molecular formula is C18H18ClNO4S. The molecule has 1 saturated carbocycles. The average Bonchev–Trinajstić information content (AvgIpc) is 3.15. The second-order valence-electron chi connectivity index (χ2n) is 7.05. The summed E-state index contributed by atoms with van der Waals surface area (Å²) in [5, 5.41) is 10.2. The van der Waals surface area contributed by atoms with E-state index in [0.29, 0.717) is 5.56 Å². The molecule has 2 unspecified atom stereocenters. The van der Waals surface area contributed by atoms with E-state index < -0.39 is 20.0 Å². The van der Waals surface area contributed by atoms with E-state index >= 15 is 0 Å².